The van der Waals surface area contributed by atoms with E-state index >= 15 is 0 Å². The zero-order chi connectivity index (χ0) is 15.2. The van der Waals surface area contributed by atoms with Crippen molar-refractivity contribution in [1.29, 1.82) is 0 Å². The lowest BCUT2D eigenvalue weighted by Gasteiger charge is -2.20. The van der Waals surface area contributed by atoms with Crippen LogP contribution in [0.1, 0.15) is 36.9 Å². The lowest BCUT2D eigenvalue weighted by Crippen LogP contribution is -2.15. The first-order chi connectivity index (χ1) is 10.2. The fourth-order valence-corrected chi connectivity index (χ4v) is 2.30. The van der Waals surface area contributed by atoms with E-state index in [9.17, 15) is 5.11 Å². The molecule has 3 nitrogen and oxygen atoms in total. The van der Waals surface area contributed by atoms with Gasteiger partial charge in [0.05, 0.1) is 25.4 Å². The fourth-order valence-electron chi connectivity index (χ4n) is 2.30. The van der Waals surface area contributed by atoms with Gasteiger partial charge in [0.25, 0.3) is 0 Å². The highest BCUT2D eigenvalue weighted by atomic mass is 16.5. The molecule has 0 radical (unpaired) electrons. The number of methoxy groups -OCH3 is 1. The number of nitrogens with one attached hydrogen (secondary N) is 1. The van der Waals surface area contributed by atoms with Crippen molar-refractivity contribution >= 4 is 5.69 Å². The molecule has 2 N–H and O–H groups in total. The van der Waals surface area contributed by atoms with Crippen LogP contribution in [0, 0.1) is 0 Å². The van der Waals surface area contributed by atoms with Crippen LogP contribution in [0.4, 0.5) is 5.69 Å². The number of ether oxygens (including phenoxy) is 1. The second kappa shape index (κ2) is 7.14. The minimum absolute atomic E-state index is 0.0269. The van der Waals surface area contributed by atoms with Crippen molar-refractivity contribution in [3.8, 4) is 5.75 Å². The molecular formula is C18H23NO2. The predicted octanol–water partition coefficient (Wildman–Crippen LogP) is 3.96. The van der Waals surface area contributed by atoms with Crippen LogP contribution >= 0.6 is 0 Å². The molecule has 0 heterocycles. The van der Waals surface area contributed by atoms with Gasteiger partial charge in [0.1, 0.15) is 5.75 Å². The summed E-state index contributed by atoms with van der Waals surface area (Å²) < 4.78 is 5.33. The molecule has 1 unspecified atom stereocenters. The van der Waals surface area contributed by atoms with Crippen molar-refractivity contribution in [1.82, 2.24) is 0 Å². The van der Waals surface area contributed by atoms with E-state index in [2.05, 4.69) is 43.4 Å². The molecule has 0 saturated carbocycles. The van der Waals surface area contributed by atoms with Gasteiger partial charge in [-0.05, 0) is 29.2 Å². The van der Waals surface area contributed by atoms with Gasteiger partial charge in [-0.25, -0.2) is 0 Å². The predicted molar refractivity (Wildman–Crippen MR) is 87.0 cm³/mol. The molecule has 0 bridgehead atoms. The molecule has 0 aliphatic rings. The van der Waals surface area contributed by atoms with Crippen LogP contribution < -0.4 is 10.1 Å². The molecule has 2 aromatic carbocycles. The maximum atomic E-state index is 9.68. The van der Waals surface area contributed by atoms with Gasteiger partial charge in [-0.1, -0.05) is 50.2 Å². The van der Waals surface area contributed by atoms with Crippen LogP contribution in [0.25, 0.3) is 0 Å². The van der Waals surface area contributed by atoms with Gasteiger partial charge < -0.3 is 15.2 Å². The number of benzene rings is 2. The minimum atomic E-state index is -0.150. The number of para-hydroxylation sites is 2. The Labute approximate surface area is 126 Å². The highest BCUT2D eigenvalue weighted by Crippen LogP contribution is 2.28. The van der Waals surface area contributed by atoms with Crippen molar-refractivity contribution < 1.29 is 9.84 Å². The molecule has 2 rings (SSSR count). The molecule has 0 aliphatic heterocycles. The van der Waals surface area contributed by atoms with Crippen molar-refractivity contribution in [3.63, 3.8) is 0 Å². The molecule has 0 aliphatic carbocycles. The topological polar surface area (TPSA) is 41.5 Å². The Balaban J connectivity index is 2.19. The quantitative estimate of drug-likeness (QED) is 0.844. The van der Waals surface area contributed by atoms with Crippen molar-refractivity contribution in [2.45, 2.75) is 25.8 Å². The van der Waals surface area contributed by atoms with Crippen LogP contribution in [0.15, 0.2) is 48.5 Å². The Bertz CT molecular complexity index is 564. The van der Waals surface area contributed by atoms with Crippen molar-refractivity contribution in [2.75, 3.05) is 19.0 Å². The maximum Gasteiger partial charge on any atom is 0.141 e. The first kappa shape index (κ1) is 15.4. The molecule has 3 heteroatoms. The molecular weight excluding hydrogens is 262 g/mol. The normalized spacial score (nSPS) is 12.2. The van der Waals surface area contributed by atoms with E-state index in [1.165, 1.54) is 5.56 Å². The summed E-state index contributed by atoms with van der Waals surface area (Å²) in [4.78, 5) is 0. The molecule has 21 heavy (non-hydrogen) atoms. The van der Waals surface area contributed by atoms with Crippen LogP contribution in [0.5, 0.6) is 5.75 Å². The van der Waals surface area contributed by atoms with Gasteiger partial charge in [-0.2, -0.15) is 0 Å². The molecule has 0 spiro atoms. The van der Waals surface area contributed by atoms with Crippen molar-refractivity contribution in [2.24, 2.45) is 0 Å². The van der Waals surface area contributed by atoms with Crippen LogP contribution in [0.3, 0.4) is 0 Å². The molecule has 112 valence electrons. The van der Waals surface area contributed by atoms with Crippen LogP contribution in [0.2, 0.25) is 0 Å². The Kier molecular flexibility index (Phi) is 5.23. The zero-order valence-corrected chi connectivity index (χ0v) is 12.8. The second-order valence-corrected chi connectivity index (χ2v) is 5.40. The molecule has 0 aromatic heterocycles. The lowest BCUT2D eigenvalue weighted by molar-refractivity contribution is 0.276. The first-order valence-electron chi connectivity index (χ1n) is 7.26. The highest BCUT2D eigenvalue weighted by Gasteiger charge is 2.12. The molecule has 0 fully saturated rings. The zero-order valence-electron chi connectivity index (χ0n) is 12.8. The summed E-state index contributed by atoms with van der Waals surface area (Å²) in [6.45, 7) is 4.37. The summed E-state index contributed by atoms with van der Waals surface area (Å²) in [5.41, 5.74) is 3.24. The highest BCUT2D eigenvalue weighted by molar-refractivity contribution is 5.57. The molecule has 0 amide bonds. The number of hydrogen-bond acceptors (Lipinski definition) is 3. The summed E-state index contributed by atoms with van der Waals surface area (Å²) in [6.07, 6.45) is 0. The minimum Gasteiger partial charge on any atom is -0.495 e. The first-order valence-corrected chi connectivity index (χ1v) is 7.26. The Hall–Kier alpha value is -2.00. The number of rotatable bonds is 6. The Morgan fingerprint density at radius 2 is 1.62 bits per heavy atom. The van der Waals surface area contributed by atoms with E-state index in [1.54, 1.807) is 7.11 Å². The standard InChI is InChI=1S/C18H23NO2/c1-13(2)14-8-10-15(11-9-14)17(12-20)19-16-6-4-5-7-18(16)21-3/h4-11,13,17,19-20H,12H2,1-3H3. The SMILES string of the molecule is COc1ccccc1NC(CO)c1ccc(C(C)C)cc1. The third-order valence-corrected chi connectivity index (χ3v) is 3.62. The Morgan fingerprint density at radius 3 is 2.19 bits per heavy atom. The van der Waals surface area contributed by atoms with Gasteiger partial charge in [0, 0.05) is 0 Å². The number of aliphatic hydroxyl groups is 1. The average Bonchev–Trinajstić information content (AvgIpc) is 2.53. The van der Waals surface area contributed by atoms with Gasteiger partial charge in [-0.3, -0.25) is 0 Å². The number of hydrogen-bond donors (Lipinski definition) is 2. The maximum absolute atomic E-state index is 9.68. The van der Waals surface area contributed by atoms with Gasteiger partial charge in [-0.15, -0.1) is 0 Å². The van der Waals surface area contributed by atoms with Gasteiger partial charge in [0.15, 0.2) is 0 Å². The largest absolute Gasteiger partial charge is 0.495 e. The summed E-state index contributed by atoms with van der Waals surface area (Å²) in [7, 11) is 1.64. The fraction of sp³-hybridized carbons (Fsp3) is 0.333. The summed E-state index contributed by atoms with van der Waals surface area (Å²) in [5, 5.41) is 13.0. The summed E-state index contributed by atoms with van der Waals surface area (Å²) in [5.74, 6) is 1.28. The Morgan fingerprint density at radius 1 is 1.00 bits per heavy atom. The van der Waals surface area contributed by atoms with E-state index in [4.69, 9.17) is 4.74 Å². The van der Waals surface area contributed by atoms with E-state index in [-0.39, 0.29) is 12.6 Å². The van der Waals surface area contributed by atoms with Gasteiger partial charge in [0.2, 0.25) is 0 Å². The van der Waals surface area contributed by atoms with Crippen LogP contribution in [-0.2, 0) is 0 Å². The summed E-state index contributed by atoms with van der Waals surface area (Å²) in [6, 6.07) is 15.9. The van der Waals surface area contributed by atoms with E-state index < -0.39 is 0 Å². The molecule has 1 atom stereocenters. The number of anilines is 1. The van der Waals surface area contributed by atoms with Crippen LogP contribution in [-0.4, -0.2) is 18.8 Å². The second-order valence-electron chi connectivity index (χ2n) is 5.40. The monoisotopic (exact) mass is 285 g/mol. The average molecular weight is 285 g/mol. The lowest BCUT2D eigenvalue weighted by atomic mass is 9.99. The van der Waals surface area contributed by atoms with E-state index in [0.29, 0.717) is 5.92 Å². The third-order valence-electron chi connectivity index (χ3n) is 3.62. The van der Waals surface area contributed by atoms with Gasteiger partial charge >= 0.3 is 0 Å². The molecule has 0 saturated heterocycles. The molecule has 2 aromatic rings. The smallest absolute Gasteiger partial charge is 0.141 e. The van der Waals surface area contributed by atoms with E-state index in [0.717, 1.165) is 17.0 Å². The van der Waals surface area contributed by atoms with E-state index in [1.807, 2.05) is 24.3 Å². The third kappa shape index (κ3) is 3.76. The number of aliphatic hydroxyl groups excluding tert-OH is 1. The summed E-state index contributed by atoms with van der Waals surface area (Å²) >= 11 is 0. The van der Waals surface area contributed by atoms with Crippen molar-refractivity contribution in [3.05, 3.63) is 59.7 Å².